The zero-order chi connectivity index (χ0) is 19.6. The fourth-order valence-corrected chi connectivity index (χ4v) is 3.56. The van der Waals surface area contributed by atoms with Crippen molar-refractivity contribution in [2.24, 2.45) is 5.92 Å². The van der Waals surface area contributed by atoms with Crippen molar-refractivity contribution >= 4 is 29.2 Å². The molecule has 8 heteroatoms. The van der Waals surface area contributed by atoms with Crippen LogP contribution in [-0.2, 0) is 16.0 Å². The molecule has 3 N–H and O–H groups in total. The Labute approximate surface area is 163 Å². The number of halogens is 1. The van der Waals surface area contributed by atoms with Gasteiger partial charge in [0, 0.05) is 17.1 Å². The fraction of sp³-hybridized carbons (Fsp3) is 0.421. The summed E-state index contributed by atoms with van der Waals surface area (Å²) in [6, 6.07) is 9.02. The molecule has 2 amide bonds. The maximum absolute atomic E-state index is 12.5. The summed E-state index contributed by atoms with van der Waals surface area (Å²) in [5.74, 6) is 0.210. The van der Waals surface area contributed by atoms with Crippen LogP contribution in [0, 0.1) is 12.8 Å². The molecule has 1 aromatic carbocycles. The summed E-state index contributed by atoms with van der Waals surface area (Å²) in [5, 5.41) is 14.1. The Morgan fingerprint density at radius 1 is 1.37 bits per heavy atom. The quantitative estimate of drug-likeness (QED) is 0.733. The van der Waals surface area contributed by atoms with Crippen molar-refractivity contribution in [3.63, 3.8) is 0 Å². The van der Waals surface area contributed by atoms with Crippen LogP contribution in [0.25, 0.3) is 0 Å². The maximum atomic E-state index is 12.5. The number of hydrogen-bond donors (Lipinski definition) is 3. The highest BCUT2D eigenvalue weighted by Gasteiger charge is 2.34. The van der Waals surface area contributed by atoms with Gasteiger partial charge < -0.3 is 10.6 Å². The number of nitrogens with one attached hydrogen (secondary N) is 3. The van der Waals surface area contributed by atoms with Crippen molar-refractivity contribution in [2.75, 3.05) is 5.32 Å². The topological polar surface area (TPSA) is 88.1 Å². The predicted molar refractivity (Wildman–Crippen MR) is 104 cm³/mol. The lowest BCUT2D eigenvalue weighted by Crippen LogP contribution is -2.57. The van der Waals surface area contributed by atoms with Crippen LogP contribution in [-0.4, -0.2) is 27.6 Å². The molecule has 1 fully saturated rings. The second kappa shape index (κ2) is 8.10. The highest BCUT2D eigenvalue weighted by atomic mass is 35.5. The number of carbonyl (C=O) groups excluding carboxylic acids is 2. The van der Waals surface area contributed by atoms with Gasteiger partial charge in [-0.3, -0.25) is 14.9 Å². The number of aryl methyl sites for hydroxylation is 1. The van der Waals surface area contributed by atoms with E-state index in [2.05, 4.69) is 21.0 Å². The van der Waals surface area contributed by atoms with Crippen LogP contribution < -0.4 is 16.0 Å². The molecule has 1 aliphatic heterocycles. The number of anilines is 1. The van der Waals surface area contributed by atoms with Gasteiger partial charge in [0.15, 0.2) is 6.29 Å². The second-order valence-electron chi connectivity index (χ2n) is 6.81. The molecule has 0 radical (unpaired) electrons. The van der Waals surface area contributed by atoms with Gasteiger partial charge in [-0.25, -0.2) is 4.68 Å². The summed E-state index contributed by atoms with van der Waals surface area (Å²) < 4.78 is 1.60. The number of rotatable bonds is 5. The van der Waals surface area contributed by atoms with Crippen LogP contribution in [0.15, 0.2) is 30.3 Å². The Morgan fingerprint density at radius 3 is 2.78 bits per heavy atom. The van der Waals surface area contributed by atoms with E-state index in [1.54, 1.807) is 16.8 Å². The standard InChI is InChI=1S/C19H24ClN5O2/c1-4-14-12(3)21-19(23-18(14)27)25-16(9-11(2)24-25)22-17(26)10-13-7-5-6-8-15(13)20/h5-9,12,14,19,21H,4,10H2,1-3H3,(H,22,26)(H,23,27). The van der Waals surface area contributed by atoms with Gasteiger partial charge in [0.2, 0.25) is 11.8 Å². The third kappa shape index (κ3) is 4.31. The summed E-state index contributed by atoms with van der Waals surface area (Å²) in [7, 11) is 0. The van der Waals surface area contributed by atoms with Gasteiger partial charge in [-0.2, -0.15) is 5.10 Å². The number of carbonyl (C=O) groups is 2. The van der Waals surface area contributed by atoms with Gasteiger partial charge in [0.25, 0.3) is 0 Å². The molecule has 7 nitrogen and oxygen atoms in total. The molecule has 3 unspecified atom stereocenters. The first kappa shape index (κ1) is 19.4. The Hall–Kier alpha value is -2.38. The first-order chi connectivity index (χ1) is 12.9. The van der Waals surface area contributed by atoms with Crippen LogP contribution in [0.4, 0.5) is 5.82 Å². The minimum absolute atomic E-state index is 0.00457. The number of amides is 2. The Morgan fingerprint density at radius 2 is 2.11 bits per heavy atom. The predicted octanol–water partition coefficient (Wildman–Crippen LogP) is 2.62. The average Bonchev–Trinajstić information content (AvgIpc) is 2.97. The molecule has 1 aliphatic rings. The van der Waals surface area contributed by atoms with Gasteiger partial charge >= 0.3 is 0 Å². The van der Waals surface area contributed by atoms with Crippen LogP contribution in [0.5, 0.6) is 0 Å². The molecular formula is C19H24ClN5O2. The molecule has 1 aromatic heterocycles. The van der Waals surface area contributed by atoms with E-state index in [1.165, 1.54) is 0 Å². The van der Waals surface area contributed by atoms with Crippen molar-refractivity contribution in [2.45, 2.75) is 45.9 Å². The molecule has 3 rings (SSSR count). The molecule has 1 saturated heterocycles. The zero-order valence-electron chi connectivity index (χ0n) is 15.6. The molecule has 2 heterocycles. The number of nitrogens with zero attached hydrogens (tertiary/aromatic N) is 2. The third-order valence-corrected chi connectivity index (χ3v) is 5.13. The fourth-order valence-electron chi connectivity index (χ4n) is 3.35. The van der Waals surface area contributed by atoms with Crippen LogP contribution in [0.1, 0.15) is 37.8 Å². The minimum atomic E-state index is -0.514. The highest BCUT2D eigenvalue weighted by molar-refractivity contribution is 6.31. The molecule has 2 aromatic rings. The zero-order valence-corrected chi connectivity index (χ0v) is 16.4. The number of aromatic nitrogens is 2. The molecule has 0 saturated carbocycles. The normalized spacial score (nSPS) is 22.4. The summed E-state index contributed by atoms with van der Waals surface area (Å²) in [4.78, 5) is 24.8. The molecule has 0 spiro atoms. The molecule has 3 atom stereocenters. The van der Waals surface area contributed by atoms with Crippen molar-refractivity contribution in [1.82, 2.24) is 20.4 Å². The maximum Gasteiger partial charge on any atom is 0.229 e. The SMILES string of the molecule is CCC1C(=O)NC(n2nc(C)cc2NC(=O)Cc2ccccc2Cl)NC1C. The minimum Gasteiger partial charge on any atom is -0.322 e. The van der Waals surface area contributed by atoms with Gasteiger partial charge in [-0.15, -0.1) is 0 Å². The highest BCUT2D eigenvalue weighted by Crippen LogP contribution is 2.22. The van der Waals surface area contributed by atoms with E-state index in [-0.39, 0.29) is 30.2 Å². The first-order valence-electron chi connectivity index (χ1n) is 9.05. The second-order valence-corrected chi connectivity index (χ2v) is 7.22. The van der Waals surface area contributed by atoms with Gasteiger partial charge in [0.1, 0.15) is 5.82 Å². The van der Waals surface area contributed by atoms with Crippen molar-refractivity contribution in [3.05, 3.63) is 46.6 Å². The van der Waals surface area contributed by atoms with Crippen molar-refractivity contribution < 1.29 is 9.59 Å². The lowest BCUT2D eigenvalue weighted by Gasteiger charge is -2.35. The Kier molecular flexibility index (Phi) is 5.82. The summed E-state index contributed by atoms with van der Waals surface area (Å²) in [6.07, 6.45) is 0.397. The van der Waals surface area contributed by atoms with Crippen molar-refractivity contribution in [3.8, 4) is 0 Å². The summed E-state index contributed by atoms with van der Waals surface area (Å²) >= 11 is 6.13. The summed E-state index contributed by atoms with van der Waals surface area (Å²) in [5.41, 5.74) is 1.49. The Balaban J connectivity index is 1.75. The lowest BCUT2D eigenvalue weighted by molar-refractivity contribution is -0.130. The van der Waals surface area contributed by atoms with E-state index in [9.17, 15) is 9.59 Å². The van der Waals surface area contributed by atoms with Gasteiger partial charge in [0.05, 0.1) is 18.0 Å². The van der Waals surface area contributed by atoms with E-state index < -0.39 is 6.29 Å². The largest absolute Gasteiger partial charge is 0.322 e. The smallest absolute Gasteiger partial charge is 0.229 e. The Bertz CT molecular complexity index is 850. The number of hydrogen-bond acceptors (Lipinski definition) is 4. The number of benzene rings is 1. The third-order valence-electron chi connectivity index (χ3n) is 4.76. The van der Waals surface area contributed by atoms with E-state index in [0.29, 0.717) is 10.8 Å². The monoisotopic (exact) mass is 389 g/mol. The van der Waals surface area contributed by atoms with Crippen LogP contribution in [0.2, 0.25) is 5.02 Å². The van der Waals surface area contributed by atoms with Crippen molar-refractivity contribution in [1.29, 1.82) is 0 Å². The first-order valence-corrected chi connectivity index (χ1v) is 9.42. The van der Waals surface area contributed by atoms with Crippen LogP contribution in [0.3, 0.4) is 0 Å². The summed E-state index contributed by atoms with van der Waals surface area (Å²) in [6.45, 7) is 5.80. The molecule has 27 heavy (non-hydrogen) atoms. The van der Waals surface area contributed by atoms with E-state index in [1.807, 2.05) is 39.0 Å². The van der Waals surface area contributed by atoms with Gasteiger partial charge in [-0.1, -0.05) is 36.7 Å². The molecular weight excluding hydrogens is 366 g/mol. The molecule has 144 valence electrons. The van der Waals surface area contributed by atoms with E-state index >= 15 is 0 Å². The van der Waals surface area contributed by atoms with Gasteiger partial charge in [-0.05, 0) is 31.9 Å². The lowest BCUT2D eigenvalue weighted by atomic mass is 9.95. The average molecular weight is 390 g/mol. The molecule has 0 bridgehead atoms. The van der Waals surface area contributed by atoms with Crippen LogP contribution >= 0.6 is 11.6 Å². The van der Waals surface area contributed by atoms with E-state index in [0.717, 1.165) is 17.7 Å². The molecule has 0 aliphatic carbocycles. The van der Waals surface area contributed by atoms with E-state index in [4.69, 9.17) is 11.6 Å².